The molecule has 0 spiro atoms. The first kappa shape index (κ1) is 20.6. The van der Waals surface area contributed by atoms with Crippen molar-refractivity contribution in [2.45, 2.75) is 18.9 Å². The zero-order valence-corrected chi connectivity index (χ0v) is 18.4. The first-order valence-electron chi connectivity index (χ1n) is 10.5. The molecule has 0 radical (unpaired) electrons. The van der Waals surface area contributed by atoms with Gasteiger partial charge in [0.05, 0.1) is 12.7 Å². The molecule has 9 heteroatoms. The molecule has 1 atom stereocenters. The van der Waals surface area contributed by atoms with Crippen molar-refractivity contribution in [1.29, 1.82) is 0 Å². The van der Waals surface area contributed by atoms with Crippen LogP contribution in [0.4, 0.5) is 0 Å². The maximum atomic E-state index is 13.4. The Bertz CT molecular complexity index is 1220. The van der Waals surface area contributed by atoms with Gasteiger partial charge in [-0.25, -0.2) is 4.98 Å². The fourth-order valence-corrected chi connectivity index (χ4v) is 4.86. The fraction of sp³-hybridized carbons (Fsp3) is 0.304. The number of aromatic nitrogens is 2. The molecule has 2 N–H and O–H groups in total. The van der Waals surface area contributed by atoms with Crippen LogP contribution in [0.1, 0.15) is 40.6 Å². The van der Waals surface area contributed by atoms with Crippen LogP contribution in [0, 0.1) is 0 Å². The first-order chi connectivity index (χ1) is 15.6. The van der Waals surface area contributed by atoms with Gasteiger partial charge in [-0.3, -0.25) is 9.79 Å². The molecule has 164 valence electrons. The van der Waals surface area contributed by atoms with Crippen molar-refractivity contribution in [3.05, 3.63) is 52.7 Å². The summed E-state index contributed by atoms with van der Waals surface area (Å²) < 4.78 is 5.75. The Labute approximate surface area is 189 Å². The quantitative estimate of drug-likeness (QED) is 0.633. The largest absolute Gasteiger partial charge is 0.497 e. The molecule has 3 aromatic rings. The number of benzene rings is 1. The Morgan fingerprint density at radius 2 is 2.09 bits per heavy atom. The van der Waals surface area contributed by atoms with Crippen molar-refractivity contribution >= 4 is 39.4 Å². The highest BCUT2D eigenvalue weighted by Gasteiger charge is 2.28. The number of ether oxygens (including phenoxy) is 1. The molecule has 1 unspecified atom stereocenters. The second-order valence-electron chi connectivity index (χ2n) is 7.71. The number of fused-ring (bicyclic) bond motifs is 1. The van der Waals surface area contributed by atoms with Crippen LogP contribution >= 0.6 is 11.3 Å². The SMILES string of the molecule is COc1ccc(C2CN(C(=O)c3csc4c(O)nc(C5=CCCC=N5)nc34)CCN2)cc1. The number of nitrogens with one attached hydrogen (secondary N) is 1. The van der Waals surface area contributed by atoms with Crippen molar-refractivity contribution in [3.63, 3.8) is 0 Å². The highest BCUT2D eigenvalue weighted by molar-refractivity contribution is 7.17. The maximum Gasteiger partial charge on any atom is 0.257 e. The molecule has 32 heavy (non-hydrogen) atoms. The number of thiophene rings is 1. The van der Waals surface area contributed by atoms with E-state index in [1.807, 2.05) is 41.5 Å². The molecule has 8 nitrogen and oxygen atoms in total. The number of piperazine rings is 1. The van der Waals surface area contributed by atoms with Gasteiger partial charge in [-0.15, -0.1) is 11.3 Å². The number of aromatic hydroxyl groups is 1. The molecule has 0 saturated carbocycles. The number of rotatable bonds is 4. The lowest BCUT2D eigenvalue weighted by Gasteiger charge is -2.34. The Balaban J connectivity index is 1.43. The van der Waals surface area contributed by atoms with E-state index in [4.69, 9.17) is 4.74 Å². The van der Waals surface area contributed by atoms with Gasteiger partial charge in [0.2, 0.25) is 5.88 Å². The third-order valence-corrected chi connectivity index (χ3v) is 6.67. The first-order valence-corrected chi connectivity index (χ1v) is 11.4. The van der Waals surface area contributed by atoms with E-state index >= 15 is 0 Å². The third kappa shape index (κ3) is 3.85. The number of allylic oxidation sites excluding steroid dienone is 1. The summed E-state index contributed by atoms with van der Waals surface area (Å²) >= 11 is 1.28. The smallest absolute Gasteiger partial charge is 0.257 e. The molecular weight excluding hydrogens is 426 g/mol. The van der Waals surface area contributed by atoms with E-state index in [0.29, 0.717) is 46.9 Å². The zero-order valence-electron chi connectivity index (χ0n) is 17.6. The second kappa shape index (κ2) is 8.68. The predicted molar refractivity (Wildman–Crippen MR) is 124 cm³/mol. The summed E-state index contributed by atoms with van der Waals surface area (Å²) in [5, 5.41) is 15.7. The van der Waals surface area contributed by atoms with Crippen molar-refractivity contribution in [1.82, 2.24) is 20.2 Å². The summed E-state index contributed by atoms with van der Waals surface area (Å²) in [5.41, 5.74) is 2.69. The van der Waals surface area contributed by atoms with E-state index in [1.54, 1.807) is 12.5 Å². The topological polar surface area (TPSA) is 99.9 Å². The van der Waals surface area contributed by atoms with Crippen LogP contribution in [0.2, 0.25) is 0 Å². The summed E-state index contributed by atoms with van der Waals surface area (Å²) in [6.45, 7) is 1.83. The van der Waals surface area contributed by atoms with Gasteiger partial charge in [0.15, 0.2) is 5.82 Å². The van der Waals surface area contributed by atoms with Crippen LogP contribution in [-0.2, 0) is 0 Å². The lowest BCUT2D eigenvalue weighted by Crippen LogP contribution is -2.48. The van der Waals surface area contributed by atoms with Gasteiger partial charge in [-0.05, 0) is 30.5 Å². The van der Waals surface area contributed by atoms with E-state index in [9.17, 15) is 9.90 Å². The van der Waals surface area contributed by atoms with Crippen molar-refractivity contribution in [2.75, 3.05) is 26.7 Å². The Kier molecular flexibility index (Phi) is 5.59. The summed E-state index contributed by atoms with van der Waals surface area (Å²) in [4.78, 5) is 28.4. The molecular formula is C23H23N5O3S. The summed E-state index contributed by atoms with van der Waals surface area (Å²) in [7, 11) is 1.64. The normalized spacial score (nSPS) is 18.6. The fourth-order valence-electron chi connectivity index (χ4n) is 3.99. The average Bonchev–Trinajstić information content (AvgIpc) is 3.29. The summed E-state index contributed by atoms with van der Waals surface area (Å²) in [6, 6.07) is 7.91. The minimum atomic E-state index is -0.118. The number of hydrogen-bond acceptors (Lipinski definition) is 8. The van der Waals surface area contributed by atoms with Gasteiger partial charge in [-0.1, -0.05) is 18.2 Å². The van der Waals surface area contributed by atoms with Gasteiger partial charge in [-0.2, -0.15) is 4.98 Å². The number of nitrogens with zero attached hydrogens (tertiary/aromatic N) is 4. The van der Waals surface area contributed by atoms with E-state index in [0.717, 1.165) is 24.2 Å². The Hall–Kier alpha value is -3.30. The number of aliphatic imine (C=N–C) groups is 1. The van der Waals surface area contributed by atoms with Gasteiger partial charge >= 0.3 is 0 Å². The molecule has 2 aromatic heterocycles. The minimum Gasteiger partial charge on any atom is -0.497 e. The molecule has 1 aromatic carbocycles. The van der Waals surface area contributed by atoms with E-state index in [1.165, 1.54) is 11.3 Å². The molecule has 1 amide bonds. The molecule has 4 heterocycles. The number of hydrogen-bond donors (Lipinski definition) is 2. The summed E-state index contributed by atoms with van der Waals surface area (Å²) in [5.74, 6) is 0.929. The zero-order chi connectivity index (χ0) is 22.1. The van der Waals surface area contributed by atoms with Crippen LogP contribution in [0.25, 0.3) is 15.9 Å². The van der Waals surface area contributed by atoms with Crippen LogP contribution in [0.5, 0.6) is 11.6 Å². The summed E-state index contributed by atoms with van der Waals surface area (Å²) in [6.07, 6.45) is 5.49. The number of carbonyl (C=O) groups excluding carboxylic acids is 1. The molecule has 2 aliphatic rings. The average molecular weight is 450 g/mol. The third-order valence-electron chi connectivity index (χ3n) is 5.70. The van der Waals surface area contributed by atoms with Crippen LogP contribution < -0.4 is 10.1 Å². The van der Waals surface area contributed by atoms with Gasteiger partial charge in [0, 0.05) is 37.3 Å². The van der Waals surface area contributed by atoms with Crippen molar-refractivity contribution in [2.24, 2.45) is 4.99 Å². The highest BCUT2D eigenvalue weighted by atomic mass is 32.1. The van der Waals surface area contributed by atoms with E-state index in [2.05, 4.69) is 20.3 Å². The van der Waals surface area contributed by atoms with E-state index < -0.39 is 0 Å². The standard InChI is InChI=1S/C23H23N5O3S/c1-31-15-7-5-14(6-8-15)18-12-28(11-10-25-18)23(30)16-13-32-20-19(16)26-21(27-22(20)29)17-4-2-3-9-24-17/h4-9,13,18,25H,2-3,10-12H2,1H3,(H,26,27,29). The number of carbonyl (C=O) groups is 1. The predicted octanol–water partition coefficient (Wildman–Crippen LogP) is 3.40. The molecule has 0 aliphatic carbocycles. The van der Waals surface area contributed by atoms with Crippen LogP contribution in [0.3, 0.4) is 0 Å². The monoisotopic (exact) mass is 449 g/mol. The van der Waals surface area contributed by atoms with Crippen LogP contribution in [0.15, 0.2) is 40.7 Å². The van der Waals surface area contributed by atoms with Crippen LogP contribution in [-0.4, -0.2) is 58.8 Å². The molecule has 5 rings (SSSR count). The van der Waals surface area contributed by atoms with E-state index in [-0.39, 0.29) is 17.8 Å². The maximum absolute atomic E-state index is 13.4. The molecule has 1 fully saturated rings. The highest BCUT2D eigenvalue weighted by Crippen LogP contribution is 2.33. The van der Waals surface area contributed by atoms with Crippen molar-refractivity contribution in [3.8, 4) is 11.6 Å². The minimum absolute atomic E-state index is 0.0313. The number of amides is 1. The second-order valence-corrected chi connectivity index (χ2v) is 8.59. The number of methoxy groups -OCH3 is 1. The van der Waals surface area contributed by atoms with Crippen molar-refractivity contribution < 1.29 is 14.6 Å². The molecule has 0 bridgehead atoms. The van der Waals surface area contributed by atoms with Gasteiger partial charge in [0.1, 0.15) is 21.7 Å². The van der Waals surface area contributed by atoms with Gasteiger partial charge < -0.3 is 20.1 Å². The molecule has 2 aliphatic heterocycles. The van der Waals surface area contributed by atoms with Gasteiger partial charge in [0.25, 0.3) is 5.91 Å². The Morgan fingerprint density at radius 1 is 1.25 bits per heavy atom. The lowest BCUT2D eigenvalue weighted by molar-refractivity contribution is 0.0705. The molecule has 1 saturated heterocycles. The Morgan fingerprint density at radius 3 is 2.84 bits per heavy atom. The lowest BCUT2D eigenvalue weighted by atomic mass is 10.0.